The SMILES string of the molecule is C=C(C)OC(=O)Nc1ncn(CC(=O)NN)n1. The molecule has 0 unspecified atom stereocenters. The molecule has 4 N–H and O–H groups in total. The zero-order valence-electron chi connectivity index (χ0n) is 9.14. The minimum atomic E-state index is -0.751. The molecular formula is C8H12N6O3. The van der Waals surface area contributed by atoms with Crippen molar-refractivity contribution in [2.45, 2.75) is 13.5 Å². The highest BCUT2D eigenvalue weighted by molar-refractivity contribution is 5.82. The minimum Gasteiger partial charge on any atom is -0.416 e. The number of hydrogen-bond donors (Lipinski definition) is 3. The van der Waals surface area contributed by atoms with Crippen molar-refractivity contribution in [3.8, 4) is 0 Å². The first-order valence-corrected chi connectivity index (χ1v) is 4.54. The van der Waals surface area contributed by atoms with Crippen LogP contribution >= 0.6 is 0 Å². The third-order valence-electron chi connectivity index (χ3n) is 1.48. The molecule has 0 fully saturated rings. The molecule has 0 radical (unpaired) electrons. The van der Waals surface area contributed by atoms with E-state index in [0.29, 0.717) is 0 Å². The Hall–Kier alpha value is -2.42. The summed E-state index contributed by atoms with van der Waals surface area (Å²) in [5.41, 5.74) is 1.94. The number of ether oxygens (including phenoxy) is 1. The van der Waals surface area contributed by atoms with Crippen molar-refractivity contribution < 1.29 is 14.3 Å². The summed E-state index contributed by atoms with van der Waals surface area (Å²) in [5.74, 6) is 4.72. The van der Waals surface area contributed by atoms with Crippen LogP contribution in [0.2, 0.25) is 0 Å². The predicted octanol–water partition coefficient (Wildman–Crippen LogP) is -0.650. The number of nitrogens with zero attached hydrogens (tertiary/aromatic N) is 3. The fraction of sp³-hybridized carbons (Fsp3) is 0.250. The summed E-state index contributed by atoms with van der Waals surface area (Å²) in [5, 5.41) is 6.05. The van der Waals surface area contributed by atoms with Crippen molar-refractivity contribution in [2.24, 2.45) is 5.84 Å². The normalized spacial score (nSPS) is 9.53. The fourth-order valence-corrected chi connectivity index (χ4v) is 0.896. The van der Waals surface area contributed by atoms with E-state index in [1.165, 1.54) is 17.9 Å². The van der Waals surface area contributed by atoms with Crippen LogP contribution < -0.4 is 16.6 Å². The van der Waals surface area contributed by atoms with Gasteiger partial charge in [0.15, 0.2) is 0 Å². The third-order valence-corrected chi connectivity index (χ3v) is 1.48. The van der Waals surface area contributed by atoms with Crippen LogP contribution in [0.15, 0.2) is 18.7 Å². The van der Waals surface area contributed by atoms with E-state index in [1.807, 2.05) is 5.43 Å². The average Bonchev–Trinajstić information content (AvgIpc) is 2.63. The smallest absolute Gasteiger partial charge is 0.416 e. The number of hydrogen-bond acceptors (Lipinski definition) is 6. The van der Waals surface area contributed by atoms with Crippen molar-refractivity contribution in [3.05, 3.63) is 18.7 Å². The lowest BCUT2D eigenvalue weighted by Gasteiger charge is -2.01. The lowest BCUT2D eigenvalue weighted by atomic mass is 10.6. The second-order valence-electron chi connectivity index (χ2n) is 3.05. The molecule has 1 aromatic rings. The molecule has 92 valence electrons. The zero-order valence-corrected chi connectivity index (χ0v) is 9.14. The molecule has 2 amide bonds. The molecule has 9 heteroatoms. The first-order chi connectivity index (χ1) is 8.01. The van der Waals surface area contributed by atoms with Gasteiger partial charge in [0.2, 0.25) is 0 Å². The van der Waals surface area contributed by atoms with E-state index in [-0.39, 0.29) is 18.3 Å². The predicted molar refractivity (Wildman–Crippen MR) is 57.3 cm³/mol. The van der Waals surface area contributed by atoms with Crippen LogP contribution in [0.1, 0.15) is 6.92 Å². The summed E-state index contributed by atoms with van der Waals surface area (Å²) in [6.07, 6.45) is 0.518. The standard InChI is InChI=1S/C8H12N6O3/c1-5(2)17-8(16)11-7-10-4-14(13-7)3-6(15)12-9/h4H,1,3,9H2,2H3,(H,12,15)(H,11,13,16). The van der Waals surface area contributed by atoms with Gasteiger partial charge in [-0.1, -0.05) is 6.58 Å². The van der Waals surface area contributed by atoms with Gasteiger partial charge in [0.1, 0.15) is 12.9 Å². The van der Waals surface area contributed by atoms with E-state index in [9.17, 15) is 9.59 Å². The minimum absolute atomic E-state index is 0.0149. The lowest BCUT2D eigenvalue weighted by Crippen LogP contribution is -2.33. The number of hydrazine groups is 1. The Labute approximate surface area is 96.6 Å². The monoisotopic (exact) mass is 240 g/mol. The largest absolute Gasteiger partial charge is 0.419 e. The number of allylic oxidation sites excluding steroid dienone is 1. The molecule has 0 spiro atoms. The van der Waals surface area contributed by atoms with Gasteiger partial charge in [-0.25, -0.2) is 20.3 Å². The maximum Gasteiger partial charge on any atom is 0.419 e. The topological polar surface area (TPSA) is 124 Å². The second-order valence-corrected chi connectivity index (χ2v) is 3.05. The van der Waals surface area contributed by atoms with Crippen molar-refractivity contribution in [3.63, 3.8) is 0 Å². The first-order valence-electron chi connectivity index (χ1n) is 4.54. The van der Waals surface area contributed by atoms with Gasteiger partial charge in [-0.2, -0.15) is 0 Å². The van der Waals surface area contributed by atoms with Crippen LogP contribution in [0.3, 0.4) is 0 Å². The summed E-state index contributed by atoms with van der Waals surface area (Å²) in [6.45, 7) is 4.82. The van der Waals surface area contributed by atoms with E-state index < -0.39 is 12.0 Å². The van der Waals surface area contributed by atoms with Gasteiger partial charge in [-0.15, -0.1) is 5.10 Å². The fourth-order valence-electron chi connectivity index (χ4n) is 0.896. The van der Waals surface area contributed by atoms with Gasteiger partial charge < -0.3 is 4.74 Å². The van der Waals surface area contributed by atoms with Crippen molar-refractivity contribution >= 4 is 17.9 Å². The number of aromatic nitrogens is 3. The molecule has 1 rings (SSSR count). The number of nitrogens with one attached hydrogen (secondary N) is 2. The molecule has 0 aliphatic heterocycles. The van der Waals surface area contributed by atoms with E-state index in [4.69, 9.17) is 5.84 Å². The molecule has 0 atom stereocenters. The van der Waals surface area contributed by atoms with E-state index in [2.05, 4.69) is 26.7 Å². The Morgan fingerprint density at radius 3 is 2.94 bits per heavy atom. The van der Waals surface area contributed by atoms with Crippen LogP contribution in [0.5, 0.6) is 0 Å². The molecule has 0 aromatic carbocycles. The number of carbonyl (C=O) groups excluding carboxylic acids is 2. The number of rotatable bonds is 4. The van der Waals surface area contributed by atoms with Crippen molar-refractivity contribution in [1.29, 1.82) is 0 Å². The summed E-state index contributed by atoms with van der Waals surface area (Å²) < 4.78 is 5.84. The van der Waals surface area contributed by atoms with Crippen LogP contribution in [-0.2, 0) is 16.1 Å². The quantitative estimate of drug-likeness (QED) is 0.278. The summed E-state index contributed by atoms with van der Waals surface area (Å²) in [6, 6.07) is 0. The van der Waals surface area contributed by atoms with Crippen LogP contribution in [-0.4, -0.2) is 26.8 Å². The molecule has 0 saturated carbocycles. The zero-order chi connectivity index (χ0) is 12.8. The molecule has 0 saturated heterocycles. The van der Waals surface area contributed by atoms with Crippen molar-refractivity contribution in [1.82, 2.24) is 20.2 Å². The highest BCUT2D eigenvalue weighted by Gasteiger charge is 2.08. The van der Waals surface area contributed by atoms with Gasteiger partial charge in [-0.05, 0) is 6.92 Å². The molecule has 9 nitrogen and oxygen atoms in total. The molecule has 0 aliphatic rings. The highest BCUT2D eigenvalue weighted by atomic mass is 16.6. The molecule has 0 bridgehead atoms. The third kappa shape index (κ3) is 4.30. The Balaban J connectivity index is 2.53. The van der Waals surface area contributed by atoms with E-state index in [0.717, 1.165) is 0 Å². The van der Waals surface area contributed by atoms with Gasteiger partial charge >= 0.3 is 6.09 Å². The molecule has 1 heterocycles. The first kappa shape index (κ1) is 12.6. The van der Waals surface area contributed by atoms with Crippen LogP contribution in [0, 0.1) is 0 Å². The number of carbonyl (C=O) groups is 2. The maximum absolute atomic E-state index is 11.1. The Morgan fingerprint density at radius 1 is 1.65 bits per heavy atom. The van der Waals surface area contributed by atoms with Gasteiger partial charge in [0.05, 0.1) is 5.76 Å². The van der Waals surface area contributed by atoms with E-state index in [1.54, 1.807) is 0 Å². The Kier molecular flexibility index (Phi) is 4.17. The number of nitrogens with two attached hydrogens (primary N) is 1. The second kappa shape index (κ2) is 5.61. The molecular weight excluding hydrogens is 228 g/mol. The Morgan fingerprint density at radius 2 is 2.35 bits per heavy atom. The van der Waals surface area contributed by atoms with Crippen LogP contribution in [0.25, 0.3) is 0 Å². The number of anilines is 1. The summed E-state index contributed by atoms with van der Waals surface area (Å²) in [4.78, 5) is 25.8. The average molecular weight is 240 g/mol. The summed E-state index contributed by atoms with van der Waals surface area (Å²) in [7, 11) is 0. The molecule has 0 aliphatic carbocycles. The highest BCUT2D eigenvalue weighted by Crippen LogP contribution is 1.99. The summed E-state index contributed by atoms with van der Waals surface area (Å²) >= 11 is 0. The van der Waals surface area contributed by atoms with Gasteiger partial charge in [-0.3, -0.25) is 15.5 Å². The lowest BCUT2D eigenvalue weighted by molar-refractivity contribution is -0.121. The van der Waals surface area contributed by atoms with Gasteiger partial charge in [0, 0.05) is 0 Å². The van der Waals surface area contributed by atoms with Crippen LogP contribution in [0.4, 0.5) is 10.7 Å². The molecule has 17 heavy (non-hydrogen) atoms. The maximum atomic E-state index is 11.1. The Bertz CT molecular complexity index is 440. The van der Waals surface area contributed by atoms with E-state index >= 15 is 0 Å². The van der Waals surface area contributed by atoms with Gasteiger partial charge in [0.25, 0.3) is 11.9 Å². The van der Waals surface area contributed by atoms with Crippen molar-refractivity contribution in [2.75, 3.05) is 5.32 Å². The number of amides is 2. The molecule has 1 aromatic heterocycles.